The third-order valence-electron chi connectivity index (χ3n) is 2.11. The number of nitrogens with zero attached hydrogens (tertiary/aromatic N) is 2. The molecule has 0 N–H and O–H groups in total. The van der Waals surface area contributed by atoms with Crippen LogP contribution in [0.25, 0.3) is 0 Å². The van der Waals surface area contributed by atoms with Gasteiger partial charge in [0, 0.05) is 12.3 Å². The lowest BCUT2D eigenvalue weighted by atomic mass is 10.2. The summed E-state index contributed by atoms with van der Waals surface area (Å²) in [6.45, 7) is -0.187. The van der Waals surface area contributed by atoms with Gasteiger partial charge in [-0.3, -0.25) is 4.79 Å². The smallest absolute Gasteiger partial charge is 0.339 e. The molecule has 0 fully saturated rings. The molecular formula is C12H10N2O3. The van der Waals surface area contributed by atoms with E-state index < -0.39 is 5.97 Å². The third-order valence-corrected chi connectivity index (χ3v) is 2.11. The number of carbonyl (C=O) groups excluding carboxylic acids is 1. The standard InChI is InChI=1S/C12H10N2O3/c15-11-7-4-8-13-14(11)9-17-12(16)10-5-2-1-3-6-10/h1-8H,9H2. The summed E-state index contributed by atoms with van der Waals surface area (Å²) in [6.07, 6.45) is 1.46. The number of rotatable bonds is 3. The highest BCUT2D eigenvalue weighted by Crippen LogP contribution is 2.00. The van der Waals surface area contributed by atoms with Crippen LogP contribution in [-0.2, 0) is 11.5 Å². The van der Waals surface area contributed by atoms with Crippen LogP contribution in [0.4, 0.5) is 0 Å². The van der Waals surface area contributed by atoms with Crippen molar-refractivity contribution in [3.8, 4) is 0 Å². The molecule has 1 aromatic carbocycles. The van der Waals surface area contributed by atoms with Crippen LogP contribution < -0.4 is 5.56 Å². The van der Waals surface area contributed by atoms with Crippen molar-refractivity contribution in [2.45, 2.75) is 6.73 Å². The molecule has 0 aliphatic heterocycles. The summed E-state index contributed by atoms with van der Waals surface area (Å²) < 4.78 is 6.03. The Bertz CT molecular complexity index is 563. The topological polar surface area (TPSA) is 61.2 Å². The second kappa shape index (κ2) is 5.07. The summed E-state index contributed by atoms with van der Waals surface area (Å²) in [6, 6.07) is 11.4. The number of hydrogen-bond donors (Lipinski definition) is 0. The minimum absolute atomic E-state index is 0.187. The Balaban J connectivity index is 2.02. The van der Waals surface area contributed by atoms with E-state index in [2.05, 4.69) is 5.10 Å². The zero-order chi connectivity index (χ0) is 12.1. The minimum atomic E-state index is -0.483. The maximum atomic E-state index is 11.6. The van der Waals surface area contributed by atoms with Crippen molar-refractivity contribution in [3.63, 3.8) is 0 Å². The molecule has 0 radical (unpaired) electrons. The van der Waals surface area contributed by atoms with Crippen LogP contribution in [-0.4, -0.2) is 15.7 Å². The molecule has 0 spiro atoms. The Morgan fingerprint density at radius 3 is 2.65 bits per heavy atom. The molecule has 1 aromatic heterocycles. The molecule has 86 valence electrons. The van der Waals surface area contributed by atoms with Crippen LogP contribution in [0.2, 0.25) is 0 Å². The van der Waals surface area contributed by atoms with E-state index in [1.165, 1.54) is 18.3 Å². The Hall–Kier alpha value is -2.43. The van der Waals surface area contributed by atoms with Gasteiger partial charge in [-0.05, 0) is 18.2 Å². The van der Waals surface area contributed by atoms with Crippen LogP contribution >= 0.6 is 0 Å². The van der Waals surface area contributed by atoms with Crippen molar-refractivity contribution in [1.29, 1.82) is 0 Å². The van der Waals surface area contributed by atoms with Gasteiger partial charge in [-0.25, -0.2) is 4.79 Å². The third kappa shape index (κ3) is 2.78. The van der Waals surface area contributed by atoms with Crippen molar-refractivity contribution in [1.82, 2.24) is 9.78 Å². The fourth-order valence-electron chi connectivity index (χ4n) is 1.26. The van der Waals surface area contributed by atoms with E-state index in [1.54, 1.807) is 30.3 Å². The number of esters is 1. The van der Waals surface area contributed by atoms with Gasteiger partial charge in [0.15, 0.2) is 6.73 Å². The van der Waals surface area contributed by atoms with Crippen molar-refractivity contribution < 1.29 is 9.53 Å². The molecule has 0 unspecified atom stereocenters. The highest BCUT2D eigenvalue weighted by Gasteiger charge is 2.06. The lowest BCUT2D eigenvalue weighted by Crippen LogP contribution is -2.24. The predicted molar refractivity (Wildman–Crippen MR) is 60.4 cm³/mol. The molecule has 0 bridgehead atoms. The molecule has 0 saturated heterocycles. The molecule has 2 aromatic rings. The van der Waals surface area contributed by atoms with E-state index >= 15 is 0 Å². The normalized spacial score (nSPS) is 9.88. The summed E-state index contributed by atoms with van der Waals surface area (Å²) in [7, 11) is 0. The second-order valence-electron chi connectivity index (χ2n) is 3.29. The van der Waals surface area contributed by atoms with Gasteiger partial charge in [-0.2, -0.15) is 9.78 Å². The summed E-state index contributed by atoms with van der Waals surface area (Å²) in [5, 5.41) is 3.77. The molecule has 0 aliphatic carbocycles. The maximum Gasteiger partial charge on any atom is 0.339 e. The average Bonchev–Trinajstić information content (AvgIpc) is 2.38. The molecule has 0 saturated carbocycles. The zero-order valence-electron chi connectivity index (χ0n) is 8.95. The van der Waals surface area contributed by atoms with Crippen LogP contribution in [0.5, 0.6) is 0 Å². The van der Waals surface area contributed by atoms with Crippen molar-refractivity contribution >= 4 is 5.97 Å². The van der Waals surface area contributed by atoms with E-state index in [0.717, 1.165) is 4.68 Å². The Morgan fingerprint density at radius 1 is 1.18 bits per heavy atom. The Labute approximate surface area is 97.3 Å². The highest BCUT2D eigenvalue weighted by atomic mass is 16.5. The zero-order valence-corrected chi connectivity index (χ0v) is 8.95. The van der Waals surface area contributed by atoms with Crippen LogP contribution in [0, 0.1) is 0 Å². The number of ether oxygens (including phenoxy) is 1. The average molecular weight is 230 g/mol. The van der Waals surface area contributed by atoms with E-state index in [0.29, 0.717) is 5.56 Å². The molecule has 2 rings (SSSR count). The van der Waals surface area contributed by atoms with Crippen LogP contribution in [0.15, 0.2) is 53.5 Å². The minimum Gasteiger partial charge on any atom is -0.439 e. The predicted octanol–water partition coefficient (Wildman–Crippen LogP) is 1.06. The fraction of sp³-hybridized carbons (Fsp3) is 0.0833. The molecule has 5 heteroatoms. The van der Waals surface area contributed by atoms with Crippen molar-refractivity contribution in [2.24, 2.45) is 0 Å². The highest BCUT2D eigenvalue weighted by molar-refractivity contribution is 5.89. The number of hydrogen-bond acceptors (Lipinski definition) is 4. The second-order valence-corrected chi connectivity index (χ2v) is 3.29. The first-order chi connectivity index (χ1) is 8.27. The molecule has 17 heavy (non-hydrogen) atoms. The van der Waals surface area contributed by atoms with Gasteiger partial charge in [0.05, 0.1) is 5.56 Å². The summed E-state index contributed by atoms with van der Waals surface area (Å²) in [4.78, 5) is 22.8. The van der Waals surface area contributed by atoms with Crippen molar-refractivity contribution in [2.75, 3.05) is 0 Å². The fourth-order valence-corrected chi connectivity index (χ4v) is 1.26. The lowest BCUT2D eigenvalue weighted by molar-refractivity contribution is 0.0340. The van der Waals surface area contributed by atoms with Gasteiger partial charge in [-0.15, -0.1) is 0 Å². The van der Waals surface area contributed by atoms with Gasteiger partial charge >= 0.3 is 5.97 Å². The summed E-state index contributed by atoms with van der Waals surface area (Å²) >= 11 is 0. The quantitative estimate of drug-likeness (QED) is 0.739. The Kier molecular flexibility index (Phi) is 3.30. The van der Waals surface area contributed by atoms with Gasteiger partial charge in [0.2, 0.25) is 0 Å². The Morgan fingerprint density at radius 2 is 1.94 bits per heavy atom. The first kappa shape index (κ1) is 11.1. The molecule has 0 atom stereocenters. The molecule has 5 nitrogen and oxygen atoms in total. The molecule has 0 aliphatic rings. The maximum absolute atomic E-state index is 11.6. The first-order valence-electron chi connectivity index (χ1n) is 5.02. The summed E-state index contributed by atoms with van der Waals surface area (Å²) in [5.74, 6) is -0.483. The van der Waals surface area contributed by atoms with Gasteiger partial charge in [-0.1, -0.05) is 18.2 Å². The summed E-state index contributed by atoms with van der Waals surface area (Å²) in [5.41, 5.74) is 0.129. The van der Waals surface area contributed by atoms with Gasteiger partial charge < -0.3 is 4.74 Å². The number of aromatic nitrogens is 2. The van der Waals surface area contributed by atoms with E-state index in [4.69, 9.17) is 4.74 Å². The van der Waals surface area contributed by atoms with Gasteiger partial charge in [0.25, 0.3) is 5.56 Å². The van der Waals surface area contributed by atoms with E-state index in [-0.39, 0.29) is 12.3 Å². The van der Waals surface area contributed by atoms with Crippen molar-refractivity contribution in [3.05, 3.63) is 64.6 Å². The van der Waals surface area contributed by atoms with E-state index in [9.17, 15) is 9.59 Å². The van der Waals surface area contributed by atoms with Gasteiger partial charge in [0.1, 0.15) is 0 Å². The lowest BCUT2D eigenvalue weighted by Gasteiger charge is -2.05. The molecule has 1 heterocycles. The molecular weight excluding hydrogens is 220 g/mol. The number of benzene rings is 1. The first-order valence-corrected chi connectivity index (χ1v) is 5.02. The molecule has 0 amide bonds. The largest absolute Gasteiger partial charge is 0.439 e. The number of carbonyl (C=O) groups is 1. The van der Waals surface area contributed by atoms with Crippen LogP contribution in [0.3, 0.4) is 0 Å². The SMILES string of the molecule is O=C(OCn1ncccc1=O)c1ccccc1. The van der Waals surface area contributed by atoms with E-state index in [1.807, 2.05) is 0 Å². The monoisotopic (exact) mass is 230 g/mol. The van der Waals surface area contributed by atoms with Crippen LogP contribution in [0.1, 0.15) is 10.4 Å².